The Labute approximate surface area is 106 Å². The zero-order valence-electron chi connectivity index (χ0n) is 10.5. The van der Waals surface area contributed by atoms with Crippen molar-refractivity contribution in [1.82, 2.24) is 4.57 Å². The number of nitrogens with two attached hydrogens (primary N) is 1. The van der Waals surface area contributed by atoms with E-state index in [1.54, 1.807) is 13.3 Å². The van der Waals surface area contributed by atoms with Crippen molar-refractivity contribution in [3.05, 3.63) is 52.4 Å². The molecule has 0 aliphatic rings. The Morgan fingerprint density at radius 3 is 2.44 bits per heavy atom. The largest absolute Gasteiger partial charge is 0.497 e. The van der Waals surface area contributed by atoms with Gasteiger partial charge < -0.3 is 10.5 Å². The summed E-state index contributed by atoms with van der Waals surface area (Å²) in [7, 11) is 1.61. The minimum absolute atomic E-state index is 0.181. The maximum atomic E-state index is 12.1. The average Bonchev–Trinajstić information content (AvgIpc) is 2.42. The van der Waals surface area contributed by atoms with Crippen LogP contribution in [0, 0.1) is 0 Å². The number of hydrogen-bond acceptors (Lipinski definition) is 3. The minimum Gasteiger partial charge on any atom is -0.497 e. The number of pyridine rings is 1. The molecular formula is C14H16N2O2. The zero-order valence-corrected chi connectivity index (χ0v) is 10.5. The molecule has 2 N–H and O–H groups in total. The third-order valence-corrected chi connectivity index (χ3v) is 2.95. The van der Waals surface area contributed by atoms with Crippen LogP contribution in [0.1, 0.15) is 12.5 Å². The molecule has 0 bridgehead atoms. The summed E-state index contributed by atoms with van der Waals surface area (Å²) in [5.41, 5.74) is 7.62. The molecule has 0 unspecified atom stereocenters. The Balaban J connectivity index is 2.51. The van der Waals surface area contributed by atoms with Gasteiger partial charge in [0.05, 0.1) is 7.11 Å². The lowest BCUT2D eigenvalue weighted by molar-refractivity contribution is 0.414. The second-order valence-corrected chi connectivity index (χ2v) is 3.98. The average molecular weight is 244 g/mol. The van der Waals surface area contributed by atoms with Crippen molar-refractivity contribution < 1.29 is 4.74 Å². The summed E-state index contributed by atoms with van der Waals surface area (Å²) >= 11 is 0. The number of aryl methyl sites for hydroxylation is 1. The van der Waals surface area contributed by atoms with E-state index >= 15 is 0 Å². The molecule has 0 amide bonds. The molecule has 1 heterocycles. The van der Waals surface area contributed by atoms with Crippen LogP contribution in [0.5, 0.6) is 5.75 Å². The van der Waals surface area contributed by atoms with E-state index in [0.29, 0.717) is 5.69 Å². The fourth-order valence-corrected chi connectivity index (χ4v) is 1.84. The van der Waals surface area contributed by atoms with Crippen molar-refractivity contribution in [2.24, 2.45) is 0 Å². The highest BCUT2D eigenvalue weighted by Crippen LogP contribution is 2.15. The number of nitrogens with zero attached hydrogens (tertiary/aromatic N) is 1. The lowest BCUT2D eigenvalue weighted by Gasteiger charge is -2.09. The second-order valence-electron chi connectivity index (χ2n) is 3.98. The number of methoxy groups -OCH3 is 1. The number of rotatable bonds is 3. The maximum Gasteiger partial charge on any atom is 0.278 e. The standard InChI is InChI=1S/C14H16N2O2/c1-3-10-8-9-16(14(17)13(10)15)11-4-6-12(18-2)7-5-11/h4-9H,3,15H2,1-2H3. The van der Waals surface area contributed by atoms with Gasteiger partial charge in [0.25, 0.3) is 5.56 Å². The predicted molar refractivity (Wildman–Crippen MR) is 72.4 cm³/mol. The first-order chi connectivity index (χ1) is 8.67. The van der Waals surface area contributed by atoms with Crippen LogP contribution in [0.15, 0.2) is 41.3 Å². The van der Waals surface area contributed by atoms with Gasteiger partial charge in [0, 0.05) is 11.9 Å². The summed E-state index contributed by atoms with van der Waals surface area (Å²) in [5.74, 6) is 0.755. The Morgan fingerprint density at radius 2 is 1.89 bits per heavy atom. The van der Waals surface area contributed by atoms with Gasteiger partial charge in [-0.15, -0.1) is 0 Å². The van der Waals surface area contributed by atoms with Gasteiger partial charge >= 0.3 is 0 Å². The molecule has 2 aromatic rings. The number of nitrogen functional groups attached to an aromatic ring is 1. The van der Waals surface area contributed by atoms with Crippen LogP contribution in [-0.2, 0) is 6.42 Å². The van der Waals surface area contributed by atoms with Gasteiger partial charge in [-0.25, -0.2) is 0 Å². The second kappa shape index (κ2) is 4.96. The van der Waals surface area contributed by atoms with Gasteiger partial charge in [-0.05, 0) is 42.3 Å². The van der Waals surface area contributed by atoms with Gasteiger partial charge in [-0.1, -0.05) is 6.92 Å². The molecule has 4 nitrogen and oxygen atoms in total. The van der Waals surface area contributed by atoms with Crippen LogP contribution in [0.4, 0.5) is 5.69 Å². The molecule has 1 aromatic heterocycles. The highest BCUT2D eigenvalue weighted by atomic mass is 16.5. The predicted octanol–water partition coefficient (Wildman–Crippen LogP) is 1.99. The molecule has 1 aromatic carbocycles. The Kier molecular flexibility index (Phi) is 3.37. The summed E-state index contributed by atoms with van der Waals surface area (Å²) in [6.45, 7) is 1.98. The van der Waals surface area contributed by atoms with Crippen molar-refractivity contribution in [2.75, 3.05) is 12.8 Å². The molecule has 0 aliphatic carbocycles. The number of hydrogen-bond donors (Lipinski definition) is 1. The first-order valence-corrected chi connectivity index (χ1v) is 5.81. The van der Waals surface area contributed by atoms with Gasteiger partial charge in [0.15, 0.2) is 0 Å². The lowest BCUT2D eigenvalue weighted by atomic mass is 10.2. The van der Waals surface area contributed by atoms with Gasteiger partial charge in [-0.2, -0.15) is 0 Å². The molecule has 4 heteroatoms. The summed E-state index contributed by atoms with van der Waals surface area (Å²) in [5, 5.41) is 0. The van der Waals surface area contributed by atoms with Crippen LogP contribution < -0.4 is 16.0 Å². The minimum atomic E-state index is -0.181. The first kappa shape index (κ1) is 12.2. The number of aromatic nitrogens is 1. The maximum absolute atomic E-state index is 12.1. The van der Waals surface area contributed by atoms with Crippen LogP contribution in [0.25, 0.3) is 5.69 Å². The molecule has 0 aliphatic heterocycles. The SMILES string of the molecule is CCc1ccn(-c2ccc(OC)cc2)c(=O)c1N. The van der Waals surface area contributed by atoms with E-state index in [-0.39, 0.29) is 5.56 Å². The number of anilines is 1. The van der Waals surface area contributed by atoms with Crippen molar-refractivity contribution in [3.63, 3.8) is 0 Å². The lowest BCUT2D eigenvalue weighted by Crippen LogP contribution is -2.22. The molecule has 18 heavy (non-hydrogen) atoms. The van der Waals surface area contributed by atoms with E-state index in [0.717, 1.165) is 23.4 Å². The van der Waals surface area contributed by atoms with Gasteiger partial charge in [-0.3, -0.25) is 9.36 Å². The normalized spacial score (nSPS) is 10.3. The Morgan fingerprint density at radius 1 is 1.22 bits per heavy atom. The molecule has 0 saturated heterocycles. The highest BCUT2D eigenvalue weighted by Gasteiger charge is 2.06. The van der Waals surface area contributed by atoms with Crippen molar-refractivity contribution in [2.45, 2.75) is 13.3 Å². The monoisotopic (exact) mass is 244 g/mol. The topological polar surface area (TPSA) is 57.2 Å². The van der Waals surface area contributed by atoms with Gasteiger partial charge in [0.2, 0.25) is 0 Å². The summed E-state index contributed by atoms with van der Waals surface area (Å²) in [6.07, 6.45) is 2.50. The molecule has 0 atom stereocenters. The summed E-state index contributed by atoms with van der Waals surface area (Å²) < 4.78 is 6.62. The van der Waals surface area contributed by atoms with Crippen LogP contribution in [0.3, 0.4) is 0 Å². The van der Waals surface area contributed by atoms with Crippen LogP contribution in [-0.4, -0.2) is 11.7 Å². The van der Waals surface area contributed by atoms with Crippen molar-refractivity contribution in [3.8, 4) is 11.4 Å². The van der Waals surface area contributed by atoms with E-state index < -0.39 is 0 Å². The molecule has 0 fully saturated rings. The molecule has 0 spiro atoms. The van der Waals surface area contributed by atoms with Crippen molar-refractivity contribution >= 4 is 5.69 Å². The molecule has 94 valence electrons. The van der Waals surface area contributed by atoms with E-state index in [9.17, 15) is 4.79 Å². The fourth-order valence-electron chi connectivity index (χ4n) is 1.84. The molecule has 0 radical (unpaired) electrons. The number of benzene rings is 1. The number of ether oxygens (including phenoxy) is 1. The van der Waals surface area contributed by atoms with E-state index in [2.05, 4.69) is 0 Å². The quantitative estimate of drug-likeness (QED) is 0.898. The van der Waals surface area contributed by atoms with Crippen molar-refractivity contribution in [1.29, 1.82) is 0 Å². The third kappa shape index (κ3) is 2.09. The smallest absolute Gasteiger partial charge is 0.278 e. The van der Waals surface area contributed by atoms with E-state index in [1.807, 2.05) is 37.3 Å². The molecular weight excluding hydrogens is 228 g/mol. The van der Waals surface area contributed by atoms with E-state index in [4.69, 9.17) is 10.5 Å². The zero-order chi connectivity index (χ0) is 13.1. The van der Waals surface area contributed by atoms with E-state index in [1.165, 1.54) is 4.57 Å². The Hall–Kier alpha value is -2.23. The highest BCUT2D eigenvalue weighted by molar-refractivity contribution is 5.47. The van der Waals surface area contributed by atoms with Crippen LogP contribution in [0.2, 0.25) is 0 Å². The third-order valence-electron chi connectivity index (χ3n) is 2.95. The fraction of sp³-hybridized carbons (Fsp3) is 0.214. The van der Waals surface area contributed by atoms with Crippen LogP contribution >= 0.6 is 0 Å². The molecule has 0 saturated carbocycles. The molecule has 2 rings (SSSR count). The summed E-state index contributed by atoms with van der Waals surface area (Å²) in [4.78, 5) is 12.1. The first-order valence-electron chi connectivity index (χ1n) is 5.81. The summed E-state index contributed by atoms with van der Waals surface area (Å²) in [6, 6.07) is 9.15. The van der Waals surface area contributed by atoms with Gasteiger partial charge in [0.1, 0.15) is 11.4 Å². The Bertz CT molecular complexity index is 600.